The summed E-state index contributed by atoms with van der Waals surface area (Å²) in [5.74, 6) is -0.0247. The van der Waals surface area contributed by atoms with E-state index in [2.05, 4.69) is 20.4 Å². The van der Waals surface area contributed by atoms with Crippen molar-refractivity contribution in [2.75, 3.05) is 23.3 Å². The first-order valence-electron chi connectivity index (χ1n) is 8.76. The van der Waals surface area contributed by atoms with E-state index in [4.69, 9.17) is 11.6 Å². The smallest absolute Gasteiger partial charge is 0.269 e. The predicted octanol–water partition coefficient (Wildman–Crippen LogP) is 2.02. The van der Waals surface area contributed by atoms with E-state index >= 15 is 0 Å². The molecule has 27 heavy (non-hydrogen) atoms. The van der Waals surface area contributed by atoms with Crippen molar-refractivity contribution in [2.45, 2.75) is 19.4 Å². The molecule has 0 atom stereocenters. The Hall–Kier alpha value is -2.87. The Morgan fingerprint density at radius 1 is 1.30 bits per heavy atom. The second kappa shape index (κ2) is 7.03. The number of rotatable bonds is 4. The van der Waals surface area contributed by atoms with Gasteiger partial charge in [0.2, 0.25) is 5.91 Å². The SMILES string of the molecule is Cn1nc(NC(=O)Cn2ncc(N3CCCC3)cc2=O)c2c(Cl)cccc21. The van der Waals surface area contributed by atoms with Crippen LogP contribution >= 0.6 is 11.6 Å². The van der Waals surface area contributed by atoms with Crippen molar-refractivity contribution in [1.82, 2.24) is 19.6 Å². The number of aromatic nitrogens is 4. The molecule has 0 radical (unpaired) electrons. The number of benzene rings is 1. The van der Waals surface area contributed by atoms with Gasteiger partial charge in [-0.2, -0.15) is 10.2 Å². The maximum Gasteiger partial charge on any atom is 0.269 e. The molecule has 1 aliphatic heterocycles. The Kier molecular flexibility index (Phi) is 4.57. The van der Waals surface area contributed by atoms with E-state index in [0.717, 1.165) is 41.8 Å². The molecule has 0 spiro atoms. The molecular weight excluding hydrogens is 368 g/mol. The van der Waals surface area contributed by atoms with Gasteiger partial charge in [0, 0.05) is 26.2 Å². The number of amides is 1. The van der Waals surface area contributed by atoms with E-state index in [1.165, 1.54) is 6.07 Å². The van der Waals surface area contributed by atoms with Gasteiger partial charge in [0.25, 0.3) is 5.56 Å². The second-order valence-electron chi connectivity index (χ2n) is 6.56. The van der Waals surface area contributed by atoms with Crippen molar-refractivity contribution in [3.8, 4) is 0 Å². The normalized spacial score (nSPS) is 14.1. The molecule has 0 aliphatic carbocycles. The fraction of sp³-hybridized carbons (Fsp3) is 0.333. The number of aryl methyl sites for hydroxylation is 1. The molecule has 1 amide bonds. The Bertz CT molecular complexity index is 1070. The molecule has 1 aromatic carbocycles. The molecule has 3 heterocycles. The number of hydrogen-bond acceptors (Lipinski definition) is 5. The molecule has 0 unspecified atom stereocenters. The molecule has 0 saturated carbocycles. The molecule has 8 nitrogen and oxygen atoms in total. The zero-order chi connectivity index (χ0) is 19.0. The largest absolute Gasteiger partial charge is 0.370 e. The van der Waals surface area contributed by atoms with Crippen LogP contribution < -0.4 is 15.8 Å². The Labute approximate surface area is 160 Å². The first-order valence-corrected chi connectivity index (χ1v) is 9.14. The van der Waals surface area contributed by atoms with Gasteiger partial charge in [-0.05, 0) is 25.0 Å². The van der Waals surface area contributed by atoms with Gasteiger partial charge >= 0.3 is 0 Å². The van der Waals surface area contributed by atoms with Crippen molar-refractivity contribution >= 4 is 39.9 Å². The minimum absolute atomic E-state index is 0.193. The van der Waals surface area contributed by atoms with E-state index < -0.39 is 5.91 Å². The van der Waals surface area contributed by atoms with Crippen LogP contribution in [0.2, 0.25) is 5.02 Å². The maximum atomic E-state index is 12.4. The summed E-state index contributed by atoms with van der Waals surface area (Å²) in [4.78, 5) is 26.9. The molecule has 2 aromatic heterocycles. The van der Waals surface area contributed by atoms with E-state index in [1.807, 2.05) is 12.1 Å². The molecule has 9 heteroatoms. The van der Waals surface area contributed by atoms with Gasteiger partial charge in [0.05, 0.1) is 27.8 Å². The van der Waals surface area contributed by atoms with Crippen LogP contribution in [0.5, 0.6) is 0 Å². The Balaban J connectivity index is 1.53. The van der Waals surface area contributed by atoms with Crippen LogP contribution in [0.15, 0.2) is 35.3 Å². The van der Waals surface area contributed by atoms with Crippen molar-refractivity contribution in [1.29, 1.82) is 0 Å². The van der Waals surface area contributed by atoms with Crippen molar-refractivity contribution in [2.24, 2.45) is 7.05 Å². The molecule has 1 N–H and O–H groups in total. The third-order valence-electron chi connectivity index (χ3n) is 4.70. The van der Waals surface area contributed by atoms with Crippen LogP contribution in [0, 0.1) is 0 Å². The first kappa shape index (κ1) is 17.5. The van der Waals surface area contributed by atoms with Crippen LogP contribution in [-0.4, -0.2) is 38.6 Å². The van der Waals surface area contributed by atoms with E-state index in [-0.39, 0.29) is 12.1 Å². The highest BCUT2D eigenvalue weighted by Gasteiger charge is 2.17. The number of anilines is 2. The zero-order valence-electron chi connectivity index (χ0n) is 14.9. The average molecular weight is 387 g/mol. The third-order valence-corrected chi connectivity index (χ3v) is 5.02. The zero-order valence-corrected chi connectivity index (χ0v) is 15.6. The monoisotopic (exact) mass is 386 g/mol. The lowest BCUT2D eigenvalue weighted by Gasteiger charge is -2.16. The number of nitrogens with zero attached hydrogens (tertiary/aromatic N) is 5. The number of carbonyl (C=O) groups excluding carboxylic acids is 1. The lowest BCUT2D eigenvalue weighted by atomic mass is 10.2. The van der Waals surface area contributed by atoms with Gasteiger partial charge in [0.1, 0.15) is 6.54 Å². The van der Waals surface area contributed by atoms with Crippen LogP contribution in [0.3, 0.4) is 0 Å². The summed E-state index contributed by atoms with van der Waals surface area (Å²) in [6.45, 7) is 1.67. The van der Waals surface area contributed by atoms with Gasteiger partial charge in [-0.1, -0.05) is 17.7 Å². The van der Waals surface area contributed by atoms with Crippen LogP contribution in [0.25, 0.3) is 10.9 Å². The van der Waals surface area contributed by atoms with Gasteiger partial charge in [0.15, 0.2) is 5.82 Å². The summed E-state index contributed by atoms with van der Waals surface area (Å²) in [7, 11) is 1.78. The van der Waals surface area contributed by atoms with Gasteiger partial charge in [-0.15, -0.1) is 0 Å². The number of fused-ring (bicyclic) bond motifs is 1. The third kappa shape index (κ3) is 3.40. The van der Waals surface area contributed by atoms with Crippen molar-refractivity contribution in [3.63, 3.8) is 0 Å². The fourth-order valence-corrected chi connectivity index (χ4v) is 3.62. The number of carbonyl (C=O) groups is 1. The molecule has 3 aromatic rings. The lowest BCUT2D eigenvalue weighted by Crippen LogP contribution is -2.30. The molecule has 1 fully saturated rings. The number of nitrogens with one attached hydrogen (secondary N) is 1. The summed E-state index contributed by atoms with van der Waals surface area (Å²) in [6, 6.07) is 6.96. The number of halogens is 1. The summed E-state index contributed by atoms with van der Waals surface area (Å²) in [5, 5.41) is 12.3. The van der Waals surface area contributed by atoms with Crippen molar-refractivity contribution < 1.29 is 4.79 Å². The summed E-state index contributed by atoms with van der Waals surface area (Å²) >= 11 is 6.25. The van der Waals surface area contributed by atoms with Gasteiger partial charge < -0.3 is 10.2 Å². The highest BCUT2D eigenvalue weighted by molar-refractivity contribution is 6.36. The van der Waals surface area contributed by atoms with E-state index in [0.29, 0.717) is 16.2 Å². The van der Waals surface area contributed by atoms with E-state index in [9.17, 15) is 9.59 Å². The Morgan fingerprint density at radius 2 is 2.07 bits per heavy atom. The highest BCUT2D eigenvalue weighted by atomic mass is 35.5. The molecule has 4 rings (SSSR count). The minimum atomic E-state index is -0.390. The van der Waals surface area contributed by atoms with Crippen LogP contribution in [-0.2, 0) is 18.4 Å². The van der Waals surface area contributed by atoms with Gasteiger partial charge in [-0.25, -0.2) is 4.68 Å². The molecule has 140 valence electrons. The topological polar surface area (TPSA) is 85.1 Å². The van der Waals surface area contributed by atoms with E-state index in [1.54, 1.807) is 24.0 Å². The molecular formula is C18H19ClN6O2. The summed E-state index contributed by atoms with van der Waals surface area (Å²) in [6.07, 6.45) is 3.87. The maximum absolute atomic E-state index is 12.4. The second-order valence-corrected chi connectivity index (χ2v) is 6.97. The average Bonchev–Trinajstić information content (AvgIpc) is 3.26. The first-order chi connectivity index (χ1) is 13.0. The van der Waals surface area contributed by atoms with Gasteiger partial charge in [-0.3, -0.25) is 14.3 Å². The lowest BCUT2D eigenvalue weighted by molar-refractivity contribution is -0.117. The summed E-state index contributed by atoms with van der Waals surface area (Å²) < 4.78 is 2.79. The quantitative estimate of drug-likeness (QED) is 0.741. The predicted molar refractivity (Wildman–Crippen MR) is 104 cm³/mol. The van der Waals surface area contributed by atoms with Crippen LogP contribution in [0.4, 0.5) is 11.5 Å². The van der Waals surface area contributed by atoms with Crippen molar-refractivity contribution in [3.05, 3.63) is 45.8 Å². The molecule has 1 aliphatic rings. The molecule has 1 saturated heterocycles. The number of hydrogen-bond donors (Lipinski definition) is 1. The van der Waals surface area contributed by atoms with Crippen LogP contribution in [0.1, 0.15) is 12.8 Å². The Morgan fingerprint density at radius 3 is 2.81 bits per heavy atom. The fourth-order valence-electron chi connectivity index (χ4n) is 3.36. The minimum Gasteiger partial charge on any atom is -0.370 e. The summed E-state index contributed by atoms with van der Waals surface area (Å²) in [5.41, 5.74) is 1.30. The molecule has 0 bridgehead atoms. The highest BCUT2D eigenvalue weighted by Crippen LogP contribution is 2.29. The standard InChI is InChI=1S/C18H19ClN6O2/c1-23-14-6-4-5-13(19)17(14)18(22-23)21-15(26)11-25-16(27)9-12(10-20-25)24-7-2-3-8-24/h4-6,9-10H,2-3,7-8,11H2,1H3,(H,21,22,26).